The molecule has 1 aliphatic carbocycles. The number of rotatable bonds is 2. The number of hydrogen-bond acceptors (Lipinski definition) is 0. The van der Waals surface area contributed by atoms with E-state index in [2.05, 4.69) is 45.0 Å². The SMILES string of the molecule is CC(C)(C)c1ccc(C(Cl)C2CCCCCC2)cc1. The van der Waals surface area contributed by atoms with E-state index in [0.29, 0.717) is 5.92 Å². The molecule has 0 N–H and O–H groups in total. The lowest BCUT2D eigenvalue weighted by molar-refractivity contribution is 0.445. The van der Waals surface area contributed by atoms with E-state index in [4.69, 9.17) is 11.6 Å². The van der Waals surface area contributed by atoms with Crippen molar-refractivity contribution in [3.8, 4) is 0 Å². The Hall–Kier alpha value is -0.490. The molecule has 0 aromatic heterocycles. The summed E-state index contributed by atoms with van der Waals surface area (Å²) >= 11 is 6.72. The highest BCUT2D eigenvalue weighted by Gasteiger charge is 2.22. The van der Waals surface area contributed by atoms with Crippen molar-refractivity contribution in [2.45, 2.75) is 70.1 Å². The van der Waals surface area contributed by atoms with Crippen LogP contribution >= 0.6 is 11.6 Å². The van der Waals surface area contributed by atoms with Gasteiger partial charge in [-0.1, -0.05) is 70.7 Å². The second-order valence-electron chi connectivity index (χ2n) is 7.03. The summed E-state index contributed by atoms with van der Waals surface area (Å²) in [5.74, 6) is 0.671. The second kappa shape index (κ2) is 6.31. The third kappa shape index (κ3) is 3.99. The highest BCUT2D eigenvalue weighted by atomic mass is 35.5. The van der Waals surface area contributed by atoms with Gasteiger partial charge in [-0.25, -0.2) is 0 Å². The van der Waals surface area contributed by atoms with Gasteiger partial charge in [-0.15, -0.1) is 11.6 Å². The first-order valence-corrected chi connectivity index (χ1v) is 8.16. The van der Waals surface area contributed by atoms with E-state index in [9.17, 15) is 0 Å². The number of hydrogen-bond donors (Lipinski definition) is 0. The van der Waals surface area contributed by atoms with E-state index in [0.717, 1.165) is 0 Å². The van der Waals surface area contributed by atoms with Crippen LogP contribution in [0.4, 0.5) is 0 Å². The highest BCUT2D eigenvalue weighted by Crippen LogP contribution is 2.38. The highest BCUT2D eigenvalue weighted by molar-refractivity contribution is 6.21. The van der Waals surface area contributed by atoms with Gasteiger partial charge in [0.2, 0.25) is 0 Å². The summed E-state index contributed by atoms with van der Waals surface area (Å²) in [4.78, 5) is 0. The lowest BCUT2D eigenvalue weighted by atomic mass is 9.85. The molecule has 106 valence electrons. The maximum absolute atomic E-state index is 6.72. The fourth-order valence-corrected chi connectivity index (χ4v) is 3.44. The van der Waals surface area contributed by atoms with Crippen LogP contribution in [0.5, 0.6) is 0 Å². The van der Waals surface area contributed by atoms with Crippen LogP contribution in [0.1, 0.15) is 75.8 Å². The summed E-state index contributed by atoms with van der Waals surface area (Å²) < 4.78 is 0. The molecule has 0 nitrogen and oxygen atoms in total. The van der Waals surface area contributed by atoms with E-state index < -0.39 is 0 Å². The molecule has 1 saturated carbocycles. The zero-order valence-electron chi connectivity index (χ0n) is 12.6. The van der Waals surface area contributed by atoms with Crippen LogP contribution in [0, 0.1) is 5.92 Å². The fourth-order valence-electron chi connectivity index (χ4n) is 3.04. The van der Waals surface area contributed by atoms with Gasteiger partial charge in [0.25, 0.3) is 0 Å². The standard InChI is InChI=1S/C18H27Cl/c1-18(2,3)16-12-10-15(11-13-16)17(19)14-8-6-4-5-7-9-14/h10-14,17H,4-9H2,1-3H3. The van der Waals surface area contributed by atoms with Gasteiger partial charge < -0.3 is 0 Å². The van der Waals surface area contributed by atoms with Crippen LogP contribution in [-0.4, -0.2) is 0 Å². The molecule has 1 aliphatic rings. The Labute approximate surface area is 123 Å². The van der Waals surface area contributed by atoms with Gasteiger partial charge in [0.1, 0.15) is 0 Å². The average Bonchev–Trinajstić information content (AvgIpc) is 2.66. The maximum atomic E-state index is 6.72. The van der Waals surface area contributed by atoms with Crippen LogP contribution in [0.15, 0.2) is 24.3 Å². The van der Waals surface area contributed by atoms with Gasteiger partial charge in [0.15, 0.2) is 0 Å². The molecular weight excluding hydrogens is 252 g/mol. The second-order valence-corrected chi connectivity index (χ2v) is 7.50. The molecular formula is C18H27Cl. The van der Waals surface area contributed by atoms with Gasteiger partial charge in [-0.2, -0.15) is 0 Å². The predicted molar refractivity (Wildman–Crippen MR) is 84.9 cm³/mol. The Morgan fingerprint density at radius 3 is 1.95 bits per heavy atom. The van der Waals surface area contributed by atoms with Crippen LogP contribution in [0.2, 0.25) is 0 Å². The van der Waals surface area contributed by atoms with E-state index in [1.54, 1.807) is 0 Å². The summed E-state index contributed by atoms with van der Waals surface area (Å²) in [5, 5.41) is 0.201. The van der Waals surface area contributed by atoms with Crippen LogP contribution in [0.3, 0.4) is 0 Å². The fraction of sp³-hybridized carbons (Fsp3) is 0.667. The molecule has 0 radical (unpaired) electrons. The van der Waals surface area contributed by atoms with Crippen molar-refractivity contribution in [1.82, 2.24) is 0 Å². The van der Waals surface area contributed by atoms with Gasteiger partial charge in [0.05, 0.1) is 5.38 Å². The van der Waals surface area contributed by atoms with Gasteiger partial charge in [0, 0.05) is 0 Å². The van der Waals surface area contributed by atoms with Gasteiger partial charge in [-0.3, -0.25) is 0 Å². The van der Waals surface area contributed by atoms with Crippen molar-refractivity contribution in [3.63, 3.8) is 0 Å². The van der Waals surface area contributed by atoms with Gasteiger partial charge >= 0.3 is 0 Å². The molecule has 0 saturated heterocycles. The minimum atomic E-state index is 0.201. The molecule has 0 amide bonds. The van der Waals surface area contributed by atoms with Crippen molar-refractivity contribution >= 4 is 11.6 Å². The predicted octanol–water partition coefficient (Wildman–Crippen LogP) is 6.23. The van der Waals surface area contributed by atoms with E-state index in [1.807, 2.05) is 0 Å². The number of benzene rings is 1. The largest absolute Gasteiger partial charge is 0.118 e. The Kier molecular flexibility index (Phi) is 4.95. The quantitative estimate of drug-likeness (QED) is 0.444. The molecule has 2 rings (SSSR count). The summed E-state index contributed by atoms with van der Waals surface area (Å²) in [6, 6.07) is 8.98. The first-order chi connectivity index (χ1) is 8.98. The van der Waals surface area contributed by atoms with Crippen molar-refractivity contribution in [1.29, 1.82) is 0 Å². The third-order valence-corrected chi connectivity index (χ3v) is 5.02. The van der Waals surface area contributed by atoms with Crippen molar-refractivity contribution in [2.75, 3.05) is 0 Å². The summed E-state index contributed by atoms with van der Waals surface area (Å²) in [5.41, 5.74) is 2.92. The molecule has 19 heavy (non-hydrogen) atoms. The van der Waals surface area contributed by atoms with Crippen molar-refractivity contribution in [2.24, 2.45) is 5.92 Å². The first-order valence-electron chi connectivity index (χ1n) is 7.73. The van der Waals surface area contributed by atoms with Crippen molar-refractivity contribution < 1.29 is 0 Å². The zero-order valence-corrected chi connectivity index (χ0v) is 13.3. The molecule has 0 spiro atoms. The van der Waals surface area contributed by atoms with E-state index in [1.165, 1.54) is 49.7 Å². The average molecular weight is 279 g/mol. The van der Waals surface area contributed by atoms with Gasteiger partial charge in [-0.05, 0) is 35.3 Å². The van der Waals surface area contributed by atoms with Crippen LogP contribution < -0.4 is 0 Å². The molecule has 1 unspecified atom stereocenters. The third-order valence-electron chi connectivity index (χ3n) is 4.41. The Morgan fingerprint density at radius 2 is 1.47 bits per heavy atom. The number of halogens is 1. The molecule has 0 aliphatic heterocycles. The maximum Gasteiger partial charge on any atom is 0.0613 e. The van der Waals surface area contributed by atoms with E-state index in [-0.39, 0.29) is 10.8 Å². The molecule has 0 heterocycles. The van der Waals surface area contributed by atoms with Crippen LogP contribution in [0.25, 0.3) is 0 Å². The smallest absolute Gasteiger partial charge is 0.0613 e. The first kappa shape index (κ1) is 14.9. The molecule has 0 bridgehead atoms. The minimum Gasteiger partial charge on any atom is -0.118 e. The topological polar surface area (TPSA) is 0 Å². The van der Waals surface area contributed by atoms with E-state index >= 15 is 0 Å². The van der Waals surface area contributed by atoms with Crippen molar-refractivity contribution in [3.05, 3.63) is 35.4 Å². The monoisotopic (exact) mass is 278 g/mol. The lowest BCUT2D eigenvalue weighted by Crippen LogP contribution is -2.12. The molecule has 1 heteroatoms. The molecule has 1 fully saturated rings. The Morgan fingerprint density at radius 1 is 0.947 bits per heavy atom. The molecule has 1 aromatic rings. The Bertz CT molecular complexity index is 377. The summed E-state index contributed by atoms with van der Waals surface area (Å²) in [6.07, 6.45) is 8.10. The lowest BCUT2D eigenvalue weighted by Gasteiger charge is -2.23. The minimum absolute atomic E-state index is 0.201. The molecule has 1 atom stereocenters. The number of alkyl halides is 1. The summed E-state index contributed by atoms with van der Waals surface area (Å²) in [6.45, 7) is 6.77. The van der Waals surface area contributed by atoms with Crippen LogP contribution in [-0.2, 0) is 5.41 Å². The zero-order chi connectivity index (χ0) is 13.9. The normalized spacial score (nSPS) is 20.0. The summed E-state index contributed by atoms with van der Waals surface area (Å²) in [7, 11) is 0. The Balaban J connectivity index is 2.08. The molecule has 1 aromatic carbocycles.